The van der Waals surface area contributed by atoms with Gasteiger partial charge in [0, 0.05) is 12.5 Å². The average Bonchev–Trinajstić information content (AvgIpc) is 2.52. The van der Waals surface area contributed by atoms with Crippen LogP contribution in [0.4, 0.5) is 0 Å². The Bertz CT molecular complexity index is 556. The SMILES string of the molecule is CCNCC(C)COc1ccc(-c2ccccc2)cc1Cl. The lowest BCUT2D eigenvalue weighted by Gasteiger charge is -2.14. The summed E-state index contributed by atoms with van der Waals surface area (Å²) in [5, 5.41) is 3.98. The van der Waals surface area contributed by atoms with Gasteiger partial charge in [-0.3, -0.25) is 0 Å². The second kappa shape index (κ2) is 8.06. The number of nitrogens with one attached hydrogen (secondary N) is 1. The van der Waals surface area contributed by atoms with Gasteiger partial charge in [-0.1, -0.05) is 61.8 Å². The van der Waals surface area contributed by atoms with Crippen LogP contribution in [0.15, 0.2) is 48.5 Å². The fourth-order valence-corrected chi connectivity index (χ4v) is 2.34. The van der Waals surface area contributed by atoms with Crippen molar-refractivity contribution in [2.45, 2.75) is 13.8 Å². The molecular formula is C18H22ClNO. The normalized spacial score (nSPS) is 12.1. The van der Waals surface area contributed by atoms with E-state index in [1.807, 2.05) is 36.4 Å². The van der Waals surface area contributed by atoms with Crippen molar-refractivity contribution in [2.75, 3.05) is 19.7 Å². The maximum atomic E-state index is 6.33. The van der Waals surface area contributed by atoms with Gasteiger partial charge in [-0.2, -0.15) is 0 Å². The Morgan fingerprint density at radius 1 is 1.10 bits per heavy atom. The summed E-state index contributed by atoms with van der Waals surface area (Å²) in [6.45, 7) is 6.87. The Balaban J connectivity index is 2.00. The van der Waals surface area contributed by atoms with Crippen molar-refractivity contribution in [3.8, 4) is 16.9 Å². The van der Waals surface area contributed by atoms with Crippen molar-refractivity contribution in [3.63, 3.8) is 0 Å². The molecule has 21 heavy (non-hydrogen) atoms. The van der Waals surface area contributed by atoms with Gasteiger partial charge in [-0.25, -0.2) is 0 Å². The van der Waals surface area contributed by atoms with Crippen LogP contribution in [0.3, 0.4) is 0 Å². The molecule has 1 N–H and O–H groups in total. The number of hydrogen-bond donors (Lipinski definition) is 1. The molecule has 0 saturated heterocycles. The quantitative estimate of drug-likeness (QED) is 0.805. The second-order valence-electron chi connectivity index (χ2n) is 5.24. The monoisotopic (exact) mass is 303 g/mol. The van der Waals surface area contributed by atoms with E-state index in [2.05, 4.69) is 31.3 Å². The first-order valence-electron chi connectivity index (χ1n) is 7.39. The Kier molecular flexibility index (Phi) is 6.09. The van der Waals surface area contributed by atoms with Gasteiger partial charge in [-0.05, 0) is 29.8 Å². The molecule has 0 fully saturated rings. The molecule has 1 unspecified atom stereocenters. The molecule has 1 atom stereocenters. The minimum Gasteiger partial charge on any atom is -0.492 e. The molecule has 0 bridgehead atoms. The van der Waals surface area contributed by atoms with Gasteiger partial charge in [0.1, 0.15) is 5.75 Å². The van der Waals surface area contributed by atoms with Crippen LogP contribution in [0.2, 0.25) is 5.02 Å². The zero-order valence-corrected chi connectivity index (χ0v) is 13.4. The van der Waals surface area contributed by atoms with E-state index in [-0.39, 0.29) is 0 Å². The average molecular weight is 304 g/mol. The lowest BCUT2D eigenvalue weighted by atomic mass is 10.1. The first kappa shape index (κ1) is 15.9. The molecule has 2 aromatic carbocycles. The highest BCUT2D eigenvalue weighted by Crippen LogP contribution is 2.30. The lowest BCUT2D eigenvalue weighted by Crippen LogP contribution is -2.24. The largest absolute Gasteiger partial charge is 0.492 e. The van der Waals surface area contributed by atoms with E-state index in [1.165, 1.54) is 0 Å². The highest BCUT2D eigenvalue weighted by atomic mass is 35.5. The summed E-state index contributed by atoms with van der Waals surface area (Å²) < 4.78 is 5.81. The number of benzene rings is 2. The zero-order valence-electron chi connectivity index (χ0n) is 12.6. The minimum atomic E-state index is 0.454. The van der Waals surface area contributed by atoms with Crippen LogP contribution < -0.4 is 10.1 Å². The Hall–Kier alpha value is -1.51. The van der Waals surface area contributed by atoms with Crippen molar-refractivity contribution in [1.82, 2.24) is 5.32 Å². The summed E-state index contributed by atoms with van der Waals surface area (Å²) >= 11 is 6.33. The summed E-state index contributed by atoms with van der Waals surface area (Å²) in [5.74, 6) is 1.20. The number of halogens is 1. The molecule has 0 aliphatic heterocycles. The van der Waals surface area contributed by atoms with E-state index in [9.17, 15) is 0 Å². The van der Waals surface area contributed by atoms with Crippen LogP contribution in [0.5, 0.6) is 5.75 Å². The summed E-state index contributed by atoms with van der Waals surface area (Å²) in [4.78, 5) is 0. The second-order valence-corrected chi connectivity index (χ2v) is 5.64. The van der Waals surface area contributed by atoms with Gasteiger partial charge >= 0.3 is 0 Å². The fraction of sp³-hybridized carbons (Fsp3) is 0.333. The van der Waals surface area contributed by atoms with Gasteiger partial charge in [0.2, 0.25) is 0 Å². The molecule has 0 aliphatic carbocycles. The van der Waals surface area contributed by atoms with Crippen LogP contribution in [-0.4, -0.2) is 19.7 Å². The maximum absolute atomic E-state index is 6.33. The van der Waals surface area contributed by atoms with Gasteiger partial charge in [-0.15, -0.1) is 0 Å². The molecule has 0 heterocycles. The molecule has 2 rings (SSSR count). The predicted octanol–water partition coefficient (Wildman–Crippen LogP) is 4.63. The van der Waals surface area contributed by atoms with Gasteiger partial charge in [0.05, 0.1) is 11.6 Å². The first-order valence-corrected chi connectivity index (χ1v) is 7.77. The topological polar surface area (TPSA) is 21.3 Å². The third-order valence-electron chi connectivity index (χ3n) is 3.31. The van der Waals surface area contributed by atoms with Crippen molar-refractivity contribution in [3.05, 3.63) is 53.6 Å². The first-order chi connectivity index (χ1) is 10.2. The molecule has 0 saturated carbocycles. The molecule has 0 amide bonds. The molecule has 0 radical (unpaired) electrons. The van der Waals surface area contributed by atoms with Crippen molar-refractivity contribution < 1.29 is 4.74 Å². The lowest BCUT2D eigenvalue weighted by molar-refractivity contribution is 0.256. The van der Waals surface area contributed by atoms with Crippen LogP contribution in [0.25, 0.3) is 11.1 Å². The summed E-state index contributed by atoms with van der Waals surface area (Å²) in [6, 6.07) is 16.2. The molecular weight excluding hydrogens is 282 g/mol. The number of ether oxygens (including phenoxy) is 1. The van der Waals surface area contributed by atoms with E-state index in [0.717, 1.165) is 30.0 Å². The molecule has 2 aromatic rings. The van der Waals surface area contributed by atoms with E-state index in [1.54, 1.807) is 0 Å². The minimum absolute atomic E-state index is 0.454. The Morgan fingerprint density at radius 2 is 1.86 bits per heavy atom. The molecule has 0 aromatic heterocycles. The van der Waals surface area contributed by atoms with Crippen molar-refractivity contribution >= 4 is 11.6 Å². The fourth-order valence-electron chi connectivity index (χ4n) is 2.11. The van der Waals surface area contributed by atoms with Gasteiger partial charge < -0.3 is 10.1 Å². The maximum Gasteiger partial charge on any atom is 0.137 e. The molecule has 2 nitrogen and oxygen atoms in total. The summed E-state index contributed by atoms with van der Waals surface area (Å²) in [5.41, 5.74) is 2.26. The Morgan fingerprint density at radius 3 is 2.52 bits per heavy atom. The third-order valence-corrected chi connectivity index (χ3v) is 3.60. The number of hydrogen-bond acceptors (Lipinski definition) is 2. The van der Waals surface area contributed by atoms with Crippen LogP contribution in [-0.2, 0) is 0 Å². The third kappa shape index (κ3) is 4.76. The van der Waals surface area contributed by atoms with E-state index >= 15 is 0 Å². The van der Waals surface area contributed by atoms with E-state index in [4.69, 9.17) is 16.3 Å². The highest BCUT2D eigenvalue weighted by Gasteiger charge is 2.07. The van der Waals surface area contributed by atoms with Crippen LogP contribution >= 0.6 is 11.6 Å². The summed E-state index contributed by atoms with van der Waals surface area (Å²) in [7, 11) is 0. The molecule has 3 heteroatoms. The smallest absolute Gasteiger partial charge is 0.137 e. The standard InChI is InChI=1S/C18H22ClNO/c1-3-20-12-14(2)13-21-18-10-9-16(11-17(18)19)15-7-5-4-6-8-15/h4-11,14,20H,3,12-13H2,1-2H3. The van der Waals surface area contributed by atoms with E-state index < -0.39 is 0 Å². The van der Waals surface area contributed by atoms with E-state index in [0.29, 0.717) is 17.5 Å². The molecule has 0 spiro atoms. The van der Waals surface area contributed by atoms with Crippen molar-refractivity contribution in [1.29, 1.82) is 0 Å². The predicted molar refractivity (Wildman–Crippen MR) is 90.1 cm³/mol. The zero-order chi connectivity index (χ0) is 15.1. The van der Waals surface area contributed by atoms with Gasteiger partial charge in [0.15, 0.2) is 0 Å². The van der Waals surface area contributed by atoms with Crippen LogP contribution in [0.1, 0.15) is 13.8 Å². The highest BCUT2D eigenvalue weighted by molar-refractivity contribution is 6.32. The van der Waals surface area contributed by atoms with Crippen molar-refractivity contribution in [2.24, 2.45) is 5.92 Å². The number of rotatable bonds is 7. The Labute approximate surface area is 132 Å². The van der Waals surface area contributed by atoms with Crippen LogP contribution in [0, 0.1) is 5.92 Å². The van der Waals surface area contributed by atoms with Gasteiger partial charge in [0.25, 0.3) is 0 Å². The molecule has 112 valence electrons. The molecule has 0 aliphatic rings. The summed E-state index contributed by atoms with van der Waals surface area (Å²) in [6.07, 6.45) is 0.